The van der Waals surface area contributed by atoms with E-state index in [2.05, 4.69) is 41.6 Å². The van der Waals surface area contributed by atoms with Crippen LogP contribution in [0.2, 0.25) is 0 Å². The first kappa shape index (κ1) is 10.3. The van der Waals surface area contributed by atoms with E-state index in [1.807, 2.05) is 0 Å². The SMILES string of the molecule is CC(C)(C)N1Cc2cnn(CC3CC3)c2C1. The molecule has 0 saturated heterocycles. The van der Waals surface area contributed by atoms with Gasteiger partial charge < -0.3 is 0 Å². The van der Waals surface area contributed by atoms with Crippen LogP contribution in [-0.4, -0.2) is 20.2 Å². The van der Waals surface area contributed by atoms with Crippen molar-refractivity contribution in [2.24, 2.45) is 5.92 Å². The van der Waals surface area contributed by atoms with Crippen molar-refractivity contribution in [3.05, 3.63) is 17.5 Å². The maximum Gasteiger partial charge on any atom is 0.0569 e. The smallest absolute Gasteiger partial charge is 0.0569 e. The maximum absolute atomic E-state index is 4.52. The number of rotatable bonds is 2. The van der Waals surface area contributed by atoms with Crippen LogP contribution in [-0.2, 0) is 19.6 Å². The predicted molar refractivity (Wildman–Crippen MR) is 64.0 cm³/mol. The zero-order valence-corrected chi connectivity index (χ0v) is 10.5. The van der Waals surface area contributed by atoms with Gasteiger partial charge in [-0.15, -0.1) is 0 Å². The highest BCUT2D eigenvalue weighted by molar-refractivity contribution is 5.23. The summed E-state index contributed by atoms with van der Waals surface area (Å²) in [6, 6.07) is 0. The minimum Gasteiger partial charge on any atom is -0.288 e. The molecule has 1 aliphatic heterocycles. The summed E-state index contributed by atoms with van der Waals surface area (Å²) in [5.41, 5.74) is 3.17. The van der Waals surface area contributed by atoms with E-state index in [1.165, 1.54) is 24.1 Å². The molecule has 0 aromatic carbocycles. The van der Waals surface area contributed by atoms with Gasteiger partial charge in [0.05, 0.1) is 11.9 Å². The molecule has 3 nitrogen and oxygen atoms in total. The van der Waals surface area contributed by atoms with Crippen molar-refractivity contribution in [2.75, 3.05) is 0 Å². The monoisotopic (exact) mass is 219 g/mol. The van der Waals surface area contributed by atoms with Crippen molar-refractivity contribution in [1.29, 1.82) is 0 Å². The summed E-state index contributed by atoms with van der Waals surface area (Å²) in [5.74, 6) is 0.910. The van der Waals surface area contributed by atoms with Gasteiger partial charge >= 0.3 is 0 Å². The fourth-order valence-corrected chi connectivity index (χ4v) is 2.38. The van der Waals surface area contributed by atoms with Gasteiger partial charge in [0.2, 0.25) is 0 Å². The van der Waals surface area contributed by atoms with E-state index in [9.17, 15) is 0 Å². The molecular weight excluding hydrogens is 198 g/mol. The lowest BCUT2D eigenvalue weighted by Crippen LogP contribution is -2.37. The number of nitrogens with zero attached hydrogens (tertiary/aromatic N) is 3. The Morgan fingerprint density at radius 3 is 2.69 bits per heavy atom. The summed E-state index contributed by atoms with van der Waals surface area (Å²) in [7, 11) is 0. The van der Waals surface area contributed by atoms with E-state index in [1.54, 1.807) is 0 Å². The molecule has 16 heavy (non-hydrogen) atoms. The second-order valence-corrected chi connectivity index (χ2v) is 6.27. The van der Waals surface area contributed by atoms with Gasteiger partial charge in [-0.3, -0.25) is 9.58 Å². The van der Waals surface area contributed by atoms with Gasteiger partial charge in [0.25, 0.3) is 0 Å². The van der Waals surface area contributed by atoms with Crippen LogP contribution in [0, 0.1) is 5.92 Å². The zero-order valence-electron chi connectivity index (χ0n) is 10.5. The van der Waals surface area contributed by atoms with Crippen molar-refractivity contribution in [1.82, 2.24) is 14.7 Å². The van der Waals surface area contributed by atoms with Crippen LogP contribution >= 0.6 is 0 Å². The molecule has 3 heteroatoms. The maximum atomic E-state index is 4.52. The van der Waals surface area contributed by atoms with E-state index in [4.69, 9.17) is 0 Å². The Hall–Kier alpha value is -0.830. The fourth-order valence-electron chi connectivity index (χ4n) is 2.38. The summed E-state index contributed by atoms with van der Waals surface area (Å²) in [6.07, 6.45) is 4.87. The molecule has 1 aromatic rings. The minimum atomic E-state index is 0.267. The molecule has 0 unspecified atom stereocenters. The van der Waals surface area contributed by atoms with E-state index in [0.717, 1.165) is 25.6 Å². The molecule has 0 atom stereocenters. The van der Waals surface area contributed by atoms with Crippen molar-refractivity contribution in [2.45, 2.75) is 58.8 Å². The van der Waals surface area contributed by atoms with Gasteiger partial charge in [0.1, 0.15) is 0 Å². The van der Waals surface area contributed by atoms with Crippen LogP contribution in [0.4, 0.5) is 0 Å². The third-order valence-corrected chi connectivity index (χ3v) is 3.81. The van der Waals surface area contributed by atoms with Gasteiger partial charge in [-0.05, 0) is 39.5 Å². The second-order valence-electron chi connectivity index (χ2n) is 6.27. The van der Waals surface area contributed by atoms with Crippen LogP contribution < -0.4 is 0 Å². The minimum absolute atomic E-state index is 0.267. The average molecular weight is 219 g/mol. The summed E-state index contributed by atoms with van der Waals surface area (Å²) >= 11 is 0. The summed E-state index contributed by atoms with van der Waals surface area (Å²) in [4.78, 5) is 2.53. The van der Waals surface area contributed by atoms with Crippen LogP contribution in [0.5, 0.6) is 0 Å². The average Bonchev–Trinajstić information content (AvgIpc) is 2.75. The van der Waals surface area contributed by atoms with Gasteiger partial charge in [0, 0.05) is 30.7 Å². The highest BCUT2D eigenvalue weighted by atomic mass is 15.3. The normalized spacial score (nSPS) is 21.4. The lowest BCUT2D eigenvalue weighted by atomic mass is 10.1. The summed E-state index contributed by atoms with van der Waals surface area (Å²) < 4.78 is 2.25. The Labute approximate surface area is 97.4 Å². The Bertz CT molecular complexity index is 396. The van der Waals surface area contributed by atoms with E-state index in [0.29, 0.717) is 0 Å². The molecule has 3 rings (SSSR count). The third kappa shape index (κ3) is 1.77. The number of hydrogen-bond acceptors (Lipinski definition) is 2. The second kappa shape index (κ2) is 3.33. The first-order valence-electron chi connectivity index (χ1n) is 6.32. The van der Waals surface area contributed by atoms with Gasteiger partial charge in [-0.2, -0.15) is 5.10 Å². The molecule has 88 valence electrons. The summed E-state index contributed by atoms with van der Waals surface area (Å²) in [6.45, 7) is 10.2. The number of aromatic nitrogens is 2. The number of fused-ring (bicyclic) bond motifs is 1. The van der Waals surface area contributed by atoms with E-state index >= 15 is 0 Å². The molecule has 1 fully saturated rings. The zero-order chi connectivity index (χ0) is 11.3. The quantitative estimate of drug-likeness (QED) is 0.761. The molecule has 2 aliphatic rings. The highest BCUT2D eigenvalue weighted by Gasteiger charge is 2.32. The Morgan fingerprint density at radius 2 is 2.06 bits per heavy atom. The van der Waals surface area contributed by atoms with Crippen LogP contribution in [0.15, 0.2) is 6.20 Å². The molecular formula is C13H21N3. The molecule has 2 heterocycles. The Kier molecular flexibility index (Phi) is 2.15. The summed E-state index contributed by atoms with van der Waals surface area (Å²) in [5, 5.41) is 4.52. The Balaban J connectivity index is 1.78. The van der Waals surface area contributed by atoms with Crippen molar-refractivity contribution in [3.8, 4) is 0 Å². The first-order valence-corrected chi connectivity index (χ1v) is 6.32. The lowest BCUT2D eigenvalue weighted by Gasteiger charge is -2.31. The van der Waals surface area contributed by atoms with Gasteiger partial charge in [-0.25, -0.2) is 0 Å². The highest BCUT2D eigenvalue weighted by Crippen LogP contribution is 2.33. The van der Waals surface area contributed by atoms with Crippen molar-refractivity contribution >= 4 is 0 Å². The van der Waals surface area contributed by atoms with Crippen molar-refractivity contribution < 1.29 is 0 Å². The fraction of sp³-hybridized carbons (Fsp3) is 0.769. The molecule has 0 spiro atoms. The molecule has 1 aliphatic carbocycles. The standard InChI is InChI=1S/C13H21N3/c1-13(2,3)15-8-11-6-14-16(12(11)9-15)7-10-4-5-10/h6,10H,4-5,7-9H2,1-3H3. The van der Waals surface area contributed by atoms with Crippen LogP contribution in [0.25, 0.3) is 0 Å². The molecule has 0 amide bonds. The first-order chi connectivity index (χ1) is 7.54. The van der Waals surface area contributed by atoms with Gasteiger partial charge in [0.15, 0.2) is 0 Å². The van der Waals surface area contributed by atoms with E-state index < -0.39 is 0 Å². The lowest BCUT2D eigenvalue weighted by molar-refractivity contribution is 0.133. The Morgan fingerprint density at radius 1 is 1.31 bits per heavy atom. The molecule has 0 bridgehead atoms. The topological polar surface area (TPSA) is 21.1 Å². The predicted octanol–water partition coefficient (Wildman–Crippen LogP) is 2.41. The van der Waals surface area contributed by atoms with Crippen LogP contribution in [0.3, 0.4) is 0 Å². The number of hydrogen-bond donors (Lipinski definition) is 0. The van der Waals surface area contributed by atoms with Crippen LogP contribution in [0.1, 0.15) is 44.9 Å². The van der Waals surface area contributed by atoms with Crippen molar-refractivity contribution in [3.63, 3.8) is 0 Å². The largest absolute Gasteiger partial charge is 0.288 e. The third-order valence-electron chi connectivity index (χ3n) is 3.81. The van der Waals surface area contributed by atoms with E-state index in [-0.39, 0.29) is 5.54 Å². The molecule has 0 radical (unpaired) electrons. The molecule has 1 saturated carbocycles. The van der Waals surface area contributed by atoms with Gasteiger partial charge in [-0.1, -0.05) is 0 Å². The molecule has 0 N–H and O–H groups in total. The molecule has 1 aromatic heterocycles.